The molecule has 0 aromatic rings. The second kappa shape index (κ2) is 4.99. The number of nitrogens with one attached hydrogen (secondary N) is 1. The van der Waals surface area contributed by atoms with Crippen LogP contribution in [0.15, 0.2) is 0 Å². The van der Waals surface area contributed by atoms with Crippen LogP contribution in [0.1, 0.15) is 19.3 Å². The van der Waals surface area contributed by atoms with Crippen LogP contribution < -0.4 is 5.32 Å². The van der Waals surface area contributed by atoms with Crippen molar-refractivity contribution in [3.63, 3.8) is 0 Å². The average Bonchev–Trinajstić information content (AvgIpc) is 2.77. The van der Waals surface area contributed by atoms with Gasteiger partial charge in [-0.1, -0.05) is 0 Å². The van der Waals surface area contributed by atoms with E-state index in [0.717, 1.165) is 32.4 Å². The van der Waals surface area contributed by atoms with Crippen molar-refractivity contribution in [2.75, 3.05) is 25.9 Å². The van der Waals surface area contributed by atoms with Gasteiger partial charge in [-0.15, -0.1) is 12.4 Å². The Morgan fingerprint density at radius 1 is 1.33 bits per heavy atom. The highest BCUT2D eigenvalue weighted by atomic mass is 35.5. The molecule has 0 radical (unpaired) electrons. The van der Waals surface area contributed by atoms with E-state index in [1.807, 2.05) is 0 Å². The quantitative estimate of drug-likeness (QED) is 0.792. The maximum atomic E-state index is 11.9. The van der Waals surface area contributed by atoms with Crippen LogP contribution in [-0.2, 0) is 10.0 Å². The molecule has 1 aliphatic carbocycles. The number of rotatable bonds is 4. The van der Waals surface area contributed by atoms with Gasteiger partial charge in [0.25, 0.3) is 0 Å². The van der Waals surface area contributed by atoms with Crippen molar-refractivity contribution in [2.45, 2.75) is 25.3 Å². The third kappa shape index (κ3) is 3.31. The largest absolute Gasteiger partial charge is 0.315 e. The van der Waals surface area contributed by atoms with Crippen LogP contribution in [0, 0.1) is 5.92 Å². The molecule has 0 aromatic carbocycles. The van der Waals surface area contributed by atoms with Crippen LogP contribution in [0.2, 0.25) is 0 Å². The first-order valence-corrected chi connectivity index (χ1v) is 6.87. The summed E-state index contributed by atoms with van der Waals surface area (Å²) in [5, 5.41) is 3.19. The lowest BCUT2D eigenvalue weighted by molar-refractivity contribution is 0.386. The zero-order valence-corrected chi connectivity index (χ0v) is 10.6. The standard InChI is InChI=1S/C9H18N2O2S.ClH/c1-11(9-4-5-10-6-9)14(12,13)7-8-2-3-8;/h8-10H,2-7H2,1H3;1H. The summed E-state index contributed by atoms with van der Waals surface area (Å²) in [5.74, 6) is 0.803. The van der Waals surface area contributed by atoms with Gasteiger partial charge in [0.15, 0.2) is 0 Å². The van der Waals surface area contributed by atoms with Crippen LogP contribution in [0.3, 0.4) is 0 Å². The summed E-state index contributed by atoms with van der Waals surface area (Å²) in [4.78, 5) is 0. The van der Waals surface area contributed by atoms with Gasteiger partial charge in [-0.25, -0.2) is 12.7 Å². The molecule has 0 bridgehead atoms. The van der Waals surface area contributed by atoms with E-state index in [4.69, 9.17) is 0 Å². The fourth-order valence-corrected chi connectivity index (χ4v) is 3.68. The Hall–Kier alpha value is 0.160. The Bertz CT molecular complexity index is 297. The van der Waals surface area contributed by atoms with Crippen molar-refractivity contribution >= 4 is 22.4 Å². The Kier molecular flexibility index (Phi) is 4.40. The monoisotopic (exact) mass is 254 g/mol. The molecule has 1 aliphatic heterocycles. The van der Waals surface area contributed by atoms with Crippen LogP contribution in [0.4, 0.5) is 0 Å². The molecular formula is C9H19ClN2O2S. The number of sulfonamides is 1. The minimum Gasteiger partial charge on any atom is -0.315 e. The van der Waals surface area contributed by atoms with E-state index in [9.17, 15) is 8.42 Å². The van der Waals surface area contributed by atoms with Gasteiger partial charge in [0.2, 0.25) is 10.0 Å². The molecule has 1 unspecified atom stereocenters. The van der Waals surface area contributed by atoms with Gasteiger partial charge in [0.1, 0.15) is 0 Å². The summed E-state index contributed by atoms with van der Waals surface area (Å²) in [6.45, 7) is 1.74. The average molecular weight is 255 g/mol. The third-order valence-corrected chi connectivity index (χ3v) is 5.20. The molecule has 2 rings (SSSR count). The molecule has 1 saturated carbocycles. The van der Waals surface area contributed by atoms with Gasteiger partial charge in [-0.05, 0) is 31.7 Å². The predicted molar refractivity (Wildman–Crippen MR) is 62.8 cm³/mol. The second-order valence-corrected chi connectivity index (χ2v) is 6.46. The summed E-state index contributed by atoms with van der Waals surface area (Å²) < 4.78 is 25.3. The van der Waals surface area contributed by atoms with Gasteiger partial charge in [-0.2, -0.15) is 0 Å². The molecule has 6 heteroatoms. The minimum absolute atomic E-state index is 0. The third-order valence-electron chi connectivity index (χ3n) is 3.13. The second-order valence-electron chi connectivity index (χ2n) is 4.38. The van der Waals surface area contributed by atoms with Crippen LogP contribution in [0.25, 0.3) is 0 Å². The molecule has 1 saturated heterocycles. The summed E-state index contributed by atoms with van der Waals surface area (Å²) in [6.07, 6.45) is 3.13. The molecule has 4 nitrogen and oxygen atoms in total. The summed E-state index contributed by atoms with van der Waals surface area (Å²) >= 11 is 0. The van der Waals surface area contributed by atoms with E-state index in [1.54, 1.807) is 11.4 Å². The van der Waals surface area contributed by atoms with Crippen LogP contribution in [-0.4, -0.2) is 44.7 Å². The first-order chi connectivity index (χ1) is 6.59. The van der Waals surface area contributed by atoms with Gasteiger partial charge in [0, 0.05) is 19.6 Å². The molecule has 90 valence electrons. The van der Waals surface area contributed by atoms with Crippen molar-refractivity contribution in [1.29, 1.82) is 0 Å². The summed E-state index contributed by atoms with van der Waals surface area (Å²) in [7, 11) is -1.27. The number of hydrogen-bond acceptors (Lipinski definition) is 3. The fourth-order valence-electron chi connectivity index (χ4n) is 1.88. The van der Waals surface area contributed by atoms with Crippen LogP contribution in [0.5, 0.6) is 0 Å². The van der Waals surface area contributed by atoms with Crippen molar-refractivity contribution < 1.29 is 8.42 Å². The number of halogens is 1. The van der Waals surface area contributed by atoms with Gasteiger partial charge in [-0.3, -0.25) is 0 Å². The Balaban J connectivity index is 0.00000112. The predicted octanol–water partition coefficient (Wildman–Crippen LogP) is 0.442. The first kappa shape index (κ1) is 13.2. The van der Waals surface area contributed by atoms with E-state index in [-0.39, 0.29) is 18.4 Å². The molecule has 0 aromatic heterocycles. The SMILES string of the molecule is CN(C1CCNC1)S(=O)(=O)CC1CC1.Cl. The van der Waals surface area contributed by atoms with E-state index in [1.165, 1.54) is 0 Å². The molecule has 1 heterocycles. The minimum atomic E-state index is -2.99. The van der Waals surface area contributed by atoms with Crippen molar-refractivity contribution in [2.24, 2.45) is 5.92 Å². The van der Waals surface area contributed by atoms with Crippen molar-refractivity contribution in [3.05, 3.63) is 0 Å². The van der Waals surface area contributed by atoms with Gasteiger partial charge >= 0.3 is 0 Å². The molecule has 2 fully saturated rings. The Morgan fingerprint density at radius 2 is 2.00 bits per heavy atom. The smallest absolute Gasteiger partial charge is 0.214 e. The van der Waals surface area contributed by atoms with Crippen LogP contribution >= 0.6 is 12.4 Å². The number of hydrogen-bond donors (Lipinski definition) is 1. The van der Waals surface area contributed by atoms with E-state index < -0.39 is 10.0 Å². The van der Waals surface area contributed by atoms with E-state index >= 15 is 0 Å². The molecule has 1 atom stereocenters. The van der Waals surface area contributed by atoms with E-state index in [0.29, 0.717) is 11.7 Å². The lowest BCUT2D eigenvalue weighted by Gasteiger charge is -2.22. The summed E-state index contributed by atoms with van der Waals surface area (Å²) in [6, 6.07) is 0.179. The van der Waals surface area contributed by atoms with Crippen molar-refractivity contribution in [1.82, 2.24) is 9.62 Å². The topological polar surface area (TPSA) is 49.4 Å². The normalized spacial score (nSPS) is 26.7. The molecule has 0 amide bonds. The van der Waals surface area contributed by atoms with Gasteiger partial charge < -0.3 is 5.32 Å². The molecular weight excluding hydrogens is 236 g/mol. The fraction of sp³-hybridized carbons (Fsp3) is 1.00. The number of likely N-dealkylation sites (N-methyl/N-ethyl adjacent to an activating group) is 1. The highest BCUT2D eigenvalue weighted by Crippen LogP contribution is 2.31. The maximum Gasteiger partial charge on any atom is 0.214 e. The Morgan fingerprint density at radius 3 is 2.47 bits per heavy atom. The zero-order chi connectivity index (χ0) is 10.2. The number of nitrogens with zero attached hydrogens (tertiary/aromatic N) is 1. The lowest BCUT2D eigenvalue weighted by Crippen LogP contribution is -2.39. The molecule has 1 N–H and O–H groups in total. The summed E-state index contributed by atoms with van der Waals surface area (Å²) in [5.41, 5.74) is 0. The highest BCUT2D eigenvalue weighted by Gasteiger charge is 2.34. The zero-order valence-electron chi connectivity index (χ0n) is 8.98. The van der Waals surface area contributed by atoms with Crippen molar-refractivity contribution in [3.8, 4) is 0 Å². The first-order valence-electron chi connectivity index (χ1n) is 5.26. The lowest BCUT2D eigenvalue weighted by atomic mass is 10.3. The molecule has 0 spiro atoms. The highest BCUT2D eigenvalue weighted by molar-refractivity contribution is 7.89. The molecule has 2 aliphatic rings. The maximum absolute atomic E-state index is 11.9. The molecule has 15 heavy (non-hydrogen) atoms. The Labute approximate surface area is 97.9 Å². The van der Waals surface area contributed by atoms with E-state index in [2.05, 4.69) is 5.32 Å². The van der Waals surface area contributed by atoms with Gasteiger partial charge in [0.05, 0.1) is 5.75 Å².